The van der Waals surface area contributed by atoms with E-state index in [0.717, 1.165) is 5.56 Å². The van der Waals surface area contributed by atoms with Crippen LogP contribution in [0.5, 0.6) is 5.75 Å². The summed E-state index contributed by atoms with van der Waals surface area (Å²) in [5, 5.41) is 0. The Morgan fingerprint density at radius 3 is 2.86 bits per heavy atom. The summed E-state index contributed by atoms with van der Waals surface area (Å²) in [5.74, 6) is 5.72. The second-order valence-corrected chi connectivity index (χ2v) is 5.10. The summed E-state index contributed by atoms with van der Waals surface area (Å²) in [6.07, 6.45) is 2.27. The van der Waals surface area contributed by atoms with E-state index in [9.17, 15) is 4.79 Å². The molecule has 0 aliphatic heterocycles. The average molecular weight is 400 g/mol. The van der Waals surface area contributed by atoms with E-state index in [1.54, 1.807) is 25.3 Å². The van der Waals surface area contributed by atoms with Gasteiger partial charge < -0.3 is 14.2 Å². The summed E-state index contributed by atoms with van der Waals surface area (Å²) < 4.78 is 14.8. The standard InChI is InChI=1S/C16H17IO4/c1-4-6-13-12(7-5-8-15(13)20-3)14(18)9-10-16(17)21-11-19-2/h4-5,7-8,16H,1,6,11H2,2-3H3. The molecule has 0 aromatic heterocycles. The molecule has 0 amide bonds. The van der Waals surface area contributed by atoms with Gasteiger partial charge in [0, 0.05) is 18.2 Å². The highest BCUT2D eigenvalue weighted by Crippen LogP contribution is 2.23. The summed E-state index contributed by atoms with van der Waals surface area (Å²) in [6, 6.07) is 5.31. The van der Waals surface area contributed by atoms with Gasteiger partial charge in [0.1, 0.15) is 12.5 Å². The molecular formula is C16H17IO4. The number of allylic oxidation sites excluding steroid dienone is 1. The van der Waals surface area contributed by atoms with Gasteiger partial charge in [-0.15, -0.1) is 6.58 Å². The SMILES string of the molecule is C=CCc1c(OC)cccc1C(=O)C#CC(I)OCOC. The molecule has 0 spiro atoms. The van der Waals surface area contributed by atoms with Crippen molar-refractivity contribution in [2.24, 2.45) is 0 Å². The lowest BCUT2D eigenvalue weighted by atomic mass is 10.00. The molecule has 0 aliphatic carbocycles. The number of ketones is 1. The van der Waals surface area contributed by atoms with Crippen LogP contribution >= 0.6 is 22.6 Å². The fourth-order valence-corrected chi connectivity index (χ4v) is 1.99. The van der Waals surface area contributed by atoms with Crippen LogP contribution in [0.3, 0.4) is 0 Å². The van der Waals surface area contributed by atoms with E-state index in [-0.39, 0.29) is 12.6 Å². The third-order valence-corrected chi connectivity index (χ3v) is 3.25. The Morgan fingerprint density at radius 2 is 2.24 bits per heavy atom. The molecule has 0 fully saturated rings. The van der Waals surface area contributed by atoms with Crippen molar-refractivity contribution in [1.29, 1.82) is 0 Å². The van der Waals surface area contributed by atoms with Crippen LogP contribution in [0.25, 0.3) is 0 Å². The zero-order chi connectivity index (χ0) is 15.7. The molecule has 1 aromatic rings. The molecule has 1 unspecified atom stereocenters. The van der Waals surface area contributed by atoms with E-state index < -0.39 is 4.11 Å². The Hall–Kier alpha value is -1.36. The van der Waals surface area contributed by atoms with E-state index in [1.807, 2.05) is 28.7 Å². The van der Waals surface area contributed by atoms with Gasteiger partial charge >= 0.3 is 0 Å². The first-order valence-corrected chi connectivity index (χ1v) is 7.45. The van der Waals surface area contributed by atoms with Crippen molar-refractivity contribution in [2.75, 3.05) is 21.0 Å². The highest BCUT2D eigenvalue weighted by molar-refractivity contribution is 14.1. The third kappa shape index (κ3) is 5.50. The number of ether oxygens (including phenoxy) is 3. The Bertz CT molecular complexity index is 557. The largest absolute Gasteiger partial charge is 0.496 e. The van der Waals surface area contributed by atoms with Crippen LogP contribution in [0.15, 0.2) is 30.9 Å². The minimum atomic E-state index is -0.403. The molecule has 0 aliphatic rings. The van der Waals surface area contributed by atoms with Crippen LogP contribution in [0, 0.1) is 11.8 Å². The van der Waals surface area contributed by atoms with Crippen molar-refractivity contribution in [1.82, 2.24) is 0 Å². The number of methoxy groups -OCH3 is 2. The van der Waals surface area contributed by atoms with Gasteiger partial charge in [-0.1, -0.05) is 18.1 Å². The highest BCUT2D eigenvalue weighted by atomic mass is 127. The van der Waals surface area contributed by atoms with Crippen molar-refractivity contribution in [3.63, 3.8) is 0 Å². The monoisotopic (exact) mass is 400 g/mol. The number of hydrogen-bond donors (Lipinski definition) is 0. The van der Waals surface area contributed by atoms with Gasteiger partial charge in [-0.05, 0) is 47.1 Å². The Labute approximate surface area is 138 Å². The van der Waals surface area contributed by atoms with Gasteiger partial charge in [0.15, 0.2) is 4.11 Å². The summed E-state index contributed by atoms with van der Waals surface area (Å²) in [5.41, 5.74) is 1.31. The van der Waals surface area contributed by atoms with Gasteiger partial charge in [0.2, 0.25) is 5.78 Å². The molecule has 0 N–H and O–H groups in total. The molecule has 1 rings (SSSR count). The Balaban J connectivity index is 2.97. The van der Waals surface area contributed by atoms with Gasteiger partial charge in [-0.25, -0.2) is 0 Å². The van der Waals surface area contributed by atoms with Crippen LogP contribution in [0.1, 0.15) is 15.9 Å². The maximum atomic E-state index is 12.2. The summed E-state index contributed by atoms with van der Waals surface area (Å²) >= 11 is 1.99. The average Bonchev–Trinajstić information content (AvgIpc) is 2.51. The zero-order valence-electron chi connectivity index (χ0n) is 12.0. The molecular weight excluding hydrogens is 383 g/mol. The molecule has 4 nitrogen and oxygen atoms in total. The molecule has 0 saturated carbocycles. The Morgan fingerprint density at radius 1 is 1.48 bits per heavy atom. The summed E-state index contributed by atoms with van der Waals surface area (Å²) in [4.78, 5) is 12.2. The molecule has 0 bridgehead atoms. The second-order valence-electron chi connectivity index (χ2n) is 3.97. The smallest absolute Gasteiger partial charge is 0.236 e. The minimum Gasteiger partial charge on any atom is -0.496 e. The van der Waals surface area contributed by atoms with E-state index in [4.69, 9.17) is 14.2 Å². The quantitative estimate of drug-likeness (QED) is 0.134. The van der Waals surface area contributed by atoms with Gasteiger partial charge in [0.25, 0.3) is 0 Å². The lowest BCUT2D eigenvalue weighted by Gasteiger charge is -2.09. The molecule has 0 saturated heterocycles. The molecule has 5 heteroatoms. The van der Waals surface area contributed by atoms with Gasteiger partial charge in [-0.2, -0.15) is 0 Å². The molecule has 21 heavy (non-hydrogen) atoms. The molecule has 0 radical (unpaired) electrons. The van der Waals surface area contributed by atoms with Gasteiger partial charge in [0.05, 0.1) is 7.11 Å². The summed E-state index contributed by atoms with van der Waals surface area (Å²) in [7, 11) is 3.10. The van der Waals surface area contributed by atoms with Crippen LogP contribution in [0.2, 0.25) is 0 Å². The number of alkyl halides is 1. The number of Topliss-reactive ketones (excluding diaryl/α,β-unsaturated/α-hetero) is 1. The van der Waals surface area contributed by atoms with Crippen LogP contribution in [0.4, 0.5) is 0 Å². The van der Waals surface area contributed by atoms with Crippen molar-refractivity contribution in [3.8, 4) is 17.6 Å². The number of carbonyl (C=O) groups is 1. The maximum absolute atomic E-state index is 12.2. The highest BCUT2D eigenvalue weighted by Gasteiger charge is 2.13. The minimum absolute atomic E-state index is 0.136. The number of carbonyl (C=O) groups excluding carboxylic acids is 1. The van der Waals surface area contributed by atoms with E-state index in [0.29, 0.717) is 17.7 Å². The first-order chi connectivity index (χ1) is 10.1. The topological polar surface area (TPSA) is 44.8 Å². The summed E-state index contributed by atoms with van der Waals surface area (Å²) in [6.45, 7) is 3.84. The Kier molecular flexibility index (Phi) is 8.05. The number of hydrogen-bond acceptors (Lipinski definition) is 4. The predicted molar refractivity (Wildman–Crippen MR) is 89.8 cm³/mol. The van der Waals surface area contributed by atoms with Crippen molar-refractivity contribution >= 4 is 28.4 Å². The van der Waals surface area contributed by atoms with E-state index >= 15 is 0 Å². The zero-order valence-corrected chi connectivity index (χ0v) is 14.2. The molecule has 112 valence electrons. The fraction of sp³-hybridized carbons (Fsp3) is 0.312. The lowest BCUT2D eigenvalue weighted by Crippen LogP contribution is -2.06. The van der Waals surface area contributed by atoms with Crippen molar-refractivity contribution in [2.45, 2.75) is 10.5 Å². The second kappa shape index (κ2) is 9.55. The number of benzene rings is 1. The first-order valence-electron chi connectivity index (χ1n) is 6.21. The van der Waals surface area contributed by atoms with Crippen LogP contribution in [-0.2, 0) is 15.9 Å². The van der Waals surface area contributed by atoms with Gasteiger partial charge in [-0.3, -0.25) is 4.79 Å². The van der Waals surface area contributed by atoms with E-state index in [1.165, 1.54) is 7.11 Å². The third-order valence-electron chi connectivity index (χ3n) is 2.58. The van der Waals surface area contributed by atoms with Crippen LogP contribution < -0.4 is 4.74 Å². The number of halogens is 1. The normalized spacial score (nSPS) is 11.2. The first kappa shape index (κ1) is 17.7. The molecule has 1 atom stereocenters. The molecule has 1 aromatic carbocycles. The van der Waals surface area contributed by atoms with Crippen molar-refractivity contribution < 1.29 is 19.0 Å². The van der Waals surface area contributed by atoms with E-state index in [2.05, 4.69) is 18.4 Å². The fourth-order valence-electron chi connectivity index (χ4n) is 1.68. The van der Waals surface area contributed by atoms with Crippen LogP contribution in [-0.4, -0.2) is 30.9 Å². The number of rotatable bonds is 7. The van der Waals surface area contributed by atoms with Crippen molar-refractivity contribution in [3.05, 3.63) is 42.0 Å². The molecule has 0 heterocycles. The predicted octanol–water partition coefficient (Wildman–Crippen LogP) is 2.99. The maximum Gasteiger partial charge on any atom is 0.236 e. The lowest BCUT2D eigenvalue weighted by molar-refractivity contribution is -0.0223.